The van der Waals surface area contributed by atoms with Gasteiger partial charge in [0.2, 0.25) is 0 Å². The summed E-state index contributed by atoms with van der Waals surface area (Å²) in [5.41, 5.74) is 2.31. The number of rotatable bonds is 6. The van der Waals surface area contributed by atoms with Gasteiger partial charge in [0.05, 0.1) is 11.1 Å². The van der Waals surface area contributed by atoms with Crippen LogP contribution in [0.5, 0.6) is 0 Å². The van der Waals surface area contributed by atoms with E-state index in [1.807, 2.05) is 6.07 Å². The summed E-state index contributed by atoms with van der Waals surface area (Å²) in [6.45, 7) is 3.83. The van der Waals surface area contributed by atoms with Gasteiger partial charge in [0, 0.05) is 45.8 Å². The number of fused-ring (bicyclic) bond motifs is 1. The number of nitrogens with zero attached hydrogens (tertiary/aromatic N) is 3. The van der Waals surface area contributed by atoms with Gasteiger partial charge in [-0.25, -0.2) is 0 Å². The average molecular weight is 547 g/mol. The van der Waals surface area contributed by atoms with Crippen molar-refractivity contribution in [3.63, 3.8) is 0 Å². The number of likely N-dealkylation sites (tertiary alicyclic amines) is 1. The quantitative estimate of drug-likeness (QED) is 0.252. The van der Waals surface area contributed by atoms with Crippen LogP contribution in [0.1, 0.15) is 39.1 Å². The van der Waals surface area contributed by atoms with Gasteiger partial charge in [-0.2, -0.15) is 0 Å². The molecule has 2 aromatic rings. The first-order valence-corrected chi connectivity index (χ1v) is 10.8. The topological polar surface area (TPSA) is 77.0 Å². The van der Waals surface area contributed by atoms with Crippen molar-refractivity contribution in [1.29, 1.82) is 0 Å². The van der Waals surface area contributed by atoms with Crippen LogP contribution in [0.15, 0.2) is 59.6 Å². The predicted molar refractivity (Wildman–Crippen MR) is 136 cm³/mol. The molecule has 0 saturated carbocycles. The van der Waals surface area contributed by atoms with Crippen molar-refractivity contribution in [3.8, 4) is 0 Å². The van der Waals surface area contributed by atoms with Crippen molar-refractivity contribution in [1.82, 2.24) is 20.4 Å². The number of hydrogen-bond donors (Lipinski definition) is 2. The molecule has 0 spiro atoms. The Morgan fingerprint density at radius 3 is 2.16 bits per heavy atom. The smallest absolute Gasteiger partial charge is 0.261 e. The lowest BCUT2D eigenvalue weighted by Gasteiger charge is -2.33. The van der Waals surface area contributed by atoms with Crippen molar-refractivity contribution in [3.05, 3.63) is 71.3 Å². The van der Waals surface area contributed by atoms with Gasteiger partial charge in [0.15, 0.2) is 5.96 Å². The Balaban J connectivity index is 0.00000289. The van der Waals surface area contributed by atoms with Gasteiger partial charge in [-0.1, -0.05) is 42.5 Å². The first-order valence-electron chi connectivity index (χ1n) is 10.8. The van der Waals surface area contributed by atoms with Crippen LogP contribution in [-0.2, 0) is 6.54 Å². The van der Waals surface area contributed by atoms with Gasteiger partial charge in [-0.3, -0.25) is 24.4 Å². The minimum Gasteiger partial charge on any atom is -0.355 e. The molecule has 2 N–H and O–H groups in total. The fourth-order valence-electron chi connectivity index (χ4n) is 4.19. The maximum absolute atomic E-state index is 12.5. The van der Waals surface area contributed by atoms with E-state index >= 15 is 0 Å². The van der Waals surface area contributed by atoms with Gasteiger partial charge in [0.1, 0.15) is 0 Å². The lowest BCUT2D eigenvalue weighted by atomic mass is 10.0. The van der Waals surface area contributed by atoms with E-state index in [9.17, 15) is 9.59 Å². The highest BCUT2D eigenvalue weighted by Gasteiger charge is 2.34. The molecule has 7 nitrogen and oxygen atoms in total. The Bertz CT molecular complexity index is 923. The summed E-state index contributed by atoms with van der Waals surface area (Å²) in [4.78, 5) is 33.0. The number of hydrogen-bond acceptors (Lipinski definition) is 4. The first-order chi connectivity index (χ1) is 15.2. The zero-order chi connectivity index (χ0) is 21.6. The van der Waals surface area contributed by atoms with Crippen LogP contribution < -0.4 is 10.6 Å². The third kappa shape index (κ3) is 5.66. The molecule has 0 radical (unpaired) electrons. The molecule has 0 atom stereocenters. The van der Waals surface area contributed by atoms with Gasteiger partial charge in [0.25, 0.3) is 11.8 Å². The maximum Gasteiger partial charge on any atom is 0.261 e. The van der Waals surface area contributed by atoms with Gasteiger partial charge in [-0.05, 0) is 30.5 Å². The van der Waals surface area contributed by atoms with Crippen LogP contribution in [0.4, 0.5) is 0 Å². The molecule has 32 heavy (non-hydrogen) atoms. The van der Waals surface area contributed by atoms with Gasteiger partial charge < -0.3 is 10.6 Å². The largest absolute Gasteiger partial charge is 0.355 e. The first kappa shape index (κ1) is 24.2. The summed E-state index contributed by atoms with van der Waals surface area (Å²) < 4.78 is 0. The minimum atomic E-state index is -0.226. The third-order valence-electron chi connectivity index (χ3n) is 5.91. The predicted octanol–water partition coefficient (Wildman–Crippen LogP) is 2.73. The number of halogens is 1. The van der Waals surface area contributed by atoms with Crippen LogP contribution >= 0.6 is 24.0 Å². The number of benzene rings is 2. The summed E-state index contributed by atoms with van der Waals surface area (Å²) in [6.07, 6.45) is 2.10. The molecule has 1 saturated heterocycles. The number of piperidine rings is 1. The van der Waals surface area contributed by atoms with E-state index in [4.69, 9.17) is 0 Å². The van der Waals surface area contributed by atoms with E-state index in [-0.39, 0.29) is 35.8 Å². The Morgan fingerprint density at radius 1 is 0.969 bits per heavy atom. The SMILES string of the molecule is CN=C(NCCN1C(=O)c2ccccc2C1=O)NC1CCN(Cc2ccccc2)CC1.I. The van der Waals surface area contributed by atoms with Crippen molar-refractivity contribution >= 4 is 41.8 Å². The second-order valence-corrected chi connectivity index (χ2v) is 7.99. The molecule has 0 aromatic heterocycles. The normalized spacial score (nSPS) is 17.2. The molecule has 1 fully saturated rings. The fourth-order valence-corrected chi connectivity index (χ4v) is 4.19. The van der Waals surface area contributed by atoms with E-state index < -0.39 is 0 Å². The van der Waals surface area contributed by atoms with Gasteiger partial charge in [-0.15, -0.1) is 24.0 Å². The number of carbonyl (C=O) groups is 2. The average Bonchev–Trinajstić information content (AvgIpc) is 3.05. The Hall–Kier alpha value is -2.46. The van der Waals surface area contributed by atoms with E-state index in [1.165, 1.54) is 10.5 Å². The van der Waals surface area contributed by atoms with Crippen molar-refractivity contribution in [2.24, 2.45) is 4.99 Å². The molecular formula is C24H30IN5O2. The summed E-state index contributed by atoms with van der Waals surface area (Å²) in [6, 6.07) is 17.9. The summed E-state index contributed by atoms with van der Waals surface area (Å²) in [7, 11) is 1.74. The monoisotopic (exact) mass is 547 g/mol. The molecular weight excluding hydrogens is 517 g/mol. The number of aliphatic imine (C=N–C) groups is 1. The van der Waals surface area contributed by atoms with Crippen molar-refractivity contribution in [2.75, 3.05) is 33.2 Å². The number of amides is 2. The second-order valence-electron chi connectivity index (χ2n) is 7.99. The molecule has 2 amide bonds. The van der Waals surface area contributed by atoms with E-state index in [1.54, 1.807) is 31.3 Å². The molecule has 0 unspecified atom stereocenters. The van der Waals surface area contributed by atoms with E-state index in [0.29, 0.717) is 36.2 Å². The molecule has 2 aliphatic rings. The Labute approximate surface area is 206 Å². The number of guanidine groups is 1. The van der Waals surface area contributed by atoms with E-state index in [2.05, 4.69) is 44.8 Å². The van der Waals surface area contributed by atoms with Crippen molar-refractivity contribution < 1.29 is 9.59 Å². The molecule has 2 heterocycles. The summed E-state index contributed by atoms with van der Waals surface area (Å²) in [5, 5.41) is 6.72. The van der Waals surface area contributed by atoms with E-state index in [0.717, 1.165) is 32.5 Å². The molecule has 2 aliphatic heterocycles. The highest BCUT2D eigenvalue weighted by molar-refractivity contribution is 14.0. The maximum atomic E-state index is 12.5. The van der Waals surface area contributed by atoms with Crippen LogP contribution in [0.3, 0.4) is 0 Å². The molecule has 170 valence electrons. The molecule has 4 rings (SSSR count). The molecule has 8 heteroatoms. The summed E-state index contributed by atoms with van der Waals surface area (Å²) >= 11 is 0. The fraction of sp³-hybridized carbons (Fsp3) is 0.375. The lowest BCUT2D eigenvalue weighted by molar-refractivity contribution is 0.0657. The number of carbonyl (C=O) groups excluding carboxylic acids is 2. The highest BCUT2D eigenvalue weighted by Crippen LogP contribution is 2.21. The standard InChI is InChI=1S/C24H29N5O2.HI/c1-25-24(26-13-16-29-22(30)20-9-5-6-10-21(20)23(29)31)27-19-11-14-28(15-12-19)17-18-7-3-2-4-8-18;/h2-10,19H,11-17H2,1H3,(H2,25,26,27);1H. The lowest BCUT2D eigenvalue weighted by Crippen LogP contribution is -2.49. The third-order valence-corrected chi connectivity index (χ3v) is 5.91. The van der Waals surface area contributed by atoms with Crippen LogP contribution in [0, 0.1) is 0 Å². The Kier molecular flexibility index (Phi) is 8.63. The van der Waals surface area contributed by atoms with Crippen molar-refractivity contribution in [2.45, 2.75) is 25.4 Å². The number of nitrogens with one attached hydrogen (secondary N) is 2. The minimum absolute atomic E-state index is 0. The Morgan fingerprint density at radius 2 is 1.56 bits per heavy atom. The second kappa shape index (κ2) is 11.4. The van der Waals surface area contributed by atoms with Crippen LogP contribution in [0.25, 0.3) is 0 Å². The number of imide groups is 1. The molecule has 0 bridgehead atoms. The zero-order valence-electron chi connectivity index (χ0n) is 18.3. The van der Waals surface area contributed by atoms with Crippen LogP contribution in [0.2, 0.25) is 0 Å². The summed E-state index contributed by atoms with van der Waals surface area (Å²) in [5.74, 6) is 0.255. The molecule has 0 aliphatic carbocycles. The van der Waals surface area contributed by atoms with Gasteiger partial charge >= 0.3 is 0 Å². The zero-order valence-corrected chi connectivity index (χ0v) is 20.6. The van der Waals surface area contributed by atoms with Crippen LogP contribution in [-0.4, -0.2) is 66.8 Å². The highest BCUT2D eigenvalue weighted by atomic mass is 127. The molecule has 2 aromatic carbocycles.